The van der Waals surface area contributed by atoms with Crippen LogP contribution >= 0.6 is 0 Å². The van der Waals surface area contributed by atoms with Gasteiger partial charge in [-0.15, -0.1) is 0 Å². The van der Waals surface area contributed by atoms with Crippen molar-refractivity contribution in [3.8, 4) is 5.75 Å². The molecule has 1 aromatic rings. The Kier molecular flexibility index (Phi) is 5.53. The van der Waals surface area contributed by atoms with Crippen molar-refractivity contribution in [3.63, 3.8) is 0 Å². The number of carbonyl (C=O) groups is 1. The number of nitro benzene ring substituents is 1. The van der Waals surface area contributed by atoms with Crippen LogP contribution in [0.5, 0.6) is 5.75 Å². The van der Waals surface area contributed by atoms with Crippen molar-refractivity contribution in [1.29, 1.82) is 0 Å². The van der Waals surface area contributed by atoms with Crippen molar-refractivity contribution in [1.82, 2.24) is 0 Å². The normalized spacial score (nSPS) is 10.4. The Morgan fingerprint density at radius 1 is 1.37 bits per heavy atom. The van der Waals surface area contributed by atoms with Gasteiger partial charge < -0.3 is 9.47 Å². The van der Waals surface area contributed by atoms with Gasteiger partial charge >= 0.3 is 5.97 Å². The summed E-state index contributed by atoms with van der Waals surface area (Å²) in [4.78, 5) is 21.4. The number of benzene rings is 1. The second-order valence-electron chi connectivity index (χ2n) is 3.50. The van der Waals surface area contributed by atoms with Gasteiger partial charge in [0.25, 0.3) is 5.69 Å². The fourth-order valence-electron chi connectivity index (χ4n) is 1.41. The highest BCUT2D eigenvalue weighted by molar-refractivity contribution is 5.87. The van der Waals surface area contributed by atoms with E-state index in [4.69, 9.17) is 9.47 Å². The first-order valence-electron chi connectivity index (χ1n) is 5.84. The van der Waals surface area contributed by atoms with Gasteiger partial charge in [0.1, 0.15) is 5.75 Å². The molecule has 0 spiro atoms. The molecule has 1 aromatic carbocycles. The molecule has 0 aliphatic rings. The number of esters is 1. The topological polar surface area (TPSA) is 78.7 Å². The molecule has 6 nitrogen and oxygen atoms in total. The maximum absolute atomic E-state index is 11.2. The summed E-state index contributed by atoms with van der Waals surface area (Å²) in [5.74, 6) is -0.0231. The fraction of sp³-hybridized carbons (Fsp3) is 0.308. The monoisotopic (exact) mass is 265 g/mol. The number of nitro groups is 1. The van der Waals surface area contributed by atoms with Gasteiger partial charge in [-0.2, -0.15) is 0 Å². The van der Waals surface area contributed by atoms with Gasteiger partial charge in [0.2, 0.25) is 0 Å². The molecular formula is C13H15NO5. The van der Waals surface area contributed by atoms with Gasteiger partial charge in [-0.25, -0.2) is 4.79 Å². The largest absolute Gasteiger partial charge is 0.493 e. The van der Waals surface area contributed by atoms with Crippen LogP contribution in [0.2, 0.25) is 0 Å². The van der Waals surface area contributed by atoms with Crippen molar-refractivity contribution in [2.24, 2.45) is 0 Å². The first-order chi connectivity index (χ1) is 9.08. The summed E-state index contributed by atoms with van der Waals surface area (Å²) in [5.41, 5.74) is 0.399. The van der Waals surface area contributed by atoms with Crippen molar-refractivity contribution >= 4 is 17.7 Å². The summed E-state index contributed by atoms with van der Waals surface area (Å²) >= 11 is 0. The molecule has 0 bridgehead atoms. The summed E-state index contributed by atoms with van der Waals surface area (Å²) in [6.45, 7) is 4.21. The molecule has 0 heterocycles. The van der Waals surface area contributed by atoms with E-state index in [1.165, 1.54) is 30.4 Å². The van der Waals surface area contributed by atoms with Crippen LogP contribution in [0.4, 0.5) is 5.69 Å². The smallest absolute Gasteiger partial charge is 0.330 e. The van der Waals surface area contributed by atoms with Gasteiger partial charge in [0, 0.05) is 23.8 Å². The molecule has 0 saturated heterocycles. The second-order valence-corrected chi connectivity index (χ2v) is 3.50. The van der Waals surface area contributed by atoms with Crippen molar-refractivity contribution in [2.45, 2.75) is 13.8 Å². The summed E-state index contributed by atoms with van der Waals surface area (Å²) < 4.78 is 10.1. The standard InChI is InChI=1S/C13H15NO5/c1-3-18-12-7-6-11(14(16)17)9-10(12)5-8-13(15)19-4-2/h5-9H,3-4H2,1-2H3. The number of hydrogen-bond donors (Lipinski definition) is 0. The Labute approximate surface area is 110 Å². The minimum atomic E-state index is -0.503. The quantitative estimate of drug-likeness (QED) is 0.342. The van der Waals surface area contributed by atoms with Crippen molar-refractivity contribution < 1.29 is 19.2 Å². The second kappa shape index (κ2) is 7.15. The number of nitrogens with zero attached hydrogens (tertiary/aromatic N) is 1. The van der Waals surface area contributed by atoms with Crippen LogP contribution in [-0.4, -0.2) is 24.1 Å². The lowest BCUT2D eigenvalue weighted by atomic mass is 10.1. The van der Waals surface area contributed by atoms with Gasteiger partial charge in [-0.1, -0.05) is 0 Å². The molecule has 0 N–H and O–H groups in total. The number of hydrogen-bond acceptors (Lipinski definition) is 5. The molecule has 0 aromatic heterocycles. The lowest BCUT2D eigenvalue weighted by Crippen LogP contribution is -1.99. The Morgan fingerprint density at radius 3 is 2.68 bits per heavy atom. The van der Waals surface area contributed by atoms with Crippen LogP contribution in [0.1, 0.15) is 19.4 Å². The molecule has 0 aliphatic heterocycles. The van der Waals surface area contributed by atoms with Crippen LogP contribution in [0, 0.1) is 10.1 Å². The molecule has 0 fully saturated rings. The minimum absolute atomic E-state index is 0.0630. The first kappa shape index (κ1) is 14.7. The van der Waals surface area contributed by atoms with Gasteiger partial charge in [-0.3, -0.25) is 10.1 Å². The highest BCUT2D eigenvalue weighted by atomic mass is 16.6. The van der Waals surface area contributed by atoms with Gasteiger partial charge in [-0.05, 0) is 26.0 Å². The van der Waals surface area contributed by atoms with E-state index in [2.05, 4.69) is 0 Å². The van der Waals surface area contributed by atoms with Gasteiger partial charge in [0.15, 0.2) is 0 Å². The Morgan fingerprint density at radius 2 is 2.11 bits per heavy atom. The molecule has 6 heteroatoms. The lowest BCUT2D eigenvalue weighted by molar-refractivity contribution is -0.384. The van der Waals surface area contributed by atoms with E-state index in [0.29, 0.717) is 17.9 Å². The molecule has 0 saturated carbocycles. The van der Waals surface area contributed by atoms with Crippen LogP contribution < -0.4 is 4.74 Å². The summed E-state index contributed by atoms with van der Waals surface area (Å²) in [7, 11) is 0. The third kappa shape index (κ3) is 4.42. The Bertz CT molecular complexity index is 496. The predicted octanol–water partition coefficient (Wildman–Crippen LogP) is 2.57. The summed E-state index contributed by atoms with van der Waals surface area (Å²) in [6.07, 6.45) is 2.65. The first-order valence-corrected chi connectivity index (χ1v) is 5.84. The van der Waals surface area contributed by atoms with E-state index in [9.17, 15) is 14.9 Å². The third-order valence-corrected chi connectivity index (χ3v) is 2.19. The van der Waals surface area contributed by atoms with E-state index in [1.54, 1.807) is 13.8 Å². The highest BCUT2D eigenvalue weighted by Gasteiger charge is 2.10. The van der Waals surface area contributed by atoms with Crippen molar-refractivity contribution in [2.75, 3.05) is 13.2 Å². The number of ether oxygens (including phenoxy) is 2. The maximum Gasteiger partial charge on any atom is 0.330 e. The SMILES string of the molecule is CCOC(=O)C=Cc1cc([N+](=O)[O-])ccc1OCC. The highest BCUT2D eigenvalue weighted by Crippen LogP contribution is 2.25. The van der Waals surface area contributed by atoms with Crippen LogP contribution in [0.3, 0.4) is 0 Å². The predicted molar refractivity (Wildman–Crippen MR) is 69.9 cm³/mol. The zero-order chi connectivity index (χ0) is 14.3. The zero-order valence-electron chi connectivity index (χ0n) is 10.8. The Balaban J connectivity index is 3.03. The molecule has 1 rings (SSSR count). The third-order valence-electron chi connectivity index (χ3n) is 2.19. The number of rotatable bonds is 6. The lowest BCUT2D eigenvalue weighted by Gasteiger charge is -2.06. The molecule has 0 unspecified atom stereocenters. The van der Waals surface area contributed by atoms with Crippen LogP contribution in [0.25, 0.3) is 6.08 Å². The van der Waals surface area contributed by atoms with Crippen molar-refractivity contribution in [3.05, 3.63) is 40.0 Å². The summed E-state index contributed by atoms with van der Waals surface area (Å²) in [5, 5.41) is 10.7. The van der Waals surface area contributed by atoms with Crippen LogP contribution in [-0.2, 0) is 9.53 Å². The van der Waals surface area contributed by atoms with Crippen LogP contribution in [0.15, 0.2) is 24.3 Å². The van der Waals surface area contributed by atoms with E-state index < -0.39 is 10.9 Å². The molecule has 19 heavy (non-hydrogen) atoms. The van der Waals surface area contributed by atoms with E-state index >= 15 is 0 Å². The van der Waals surface area contributed by atoms with E-state index in [1.807, 2.05) is 0 Å². The molecule has 0 aliphatic carbocycles. The molecule has 102 valence electrons. The Hall–Kier alpha value is -2.37. The minimum Gasteiger partial charge on any atom is -0.493 e. The molecule has 0 radical (unpaired) electrons. The zero-order valence-corrected chi connectivity index (χ0v) is 10.8. The fourth-order valence-corrected chi connectivity index (χ4v) is 1.41. The van der Waals surface area contributed by atoms with E-state index in [-0.39, 0.29) is 12.3 Å². The van der Waals surface area contributed by atoms with Gasteiger partial charge in [0.05, 0.1) is 18.1 Å². The molecule has 0 amide bonds. The average Bonchev–Trinajstić information content (AvgIpc) is 2.38. The average molecular weight is 265 g/mol. The summed E-state index contributed by atoms with van der Waals surface area (Å²) in [6, 6.07) is 4.21. The number of non-ortho nitro benzene ring substituents is 1. The molecule has 0 atom stereocenters. The van der Waals surface area contributed by atoms with E-state index in [0.717, 1.165) is 0 Å². The molecular weight excluding hydrogens is 250 g/mol. The number of carbonyl (C=O) groups excluding carboxylic acids is 1. The maximum atomic E-state index is 11.2.